The van der Waals surface area contributed by atoms with Crippen molar-refractivity contribution < 1.29 is 9.84 Å². The highest BCUT2D eigenvalue weighted by Crippen LogP contribution is 2.05. The summed E-state index contributed by atoms with van der Waals surface area (Å²) in [6.07, 6.45) is 0. The van der Waals surface area contributed by atoms with E-state index >= 15 is 0 Å². The highest BCUT2D eigenvalue weighted by Gasteiger charge is 2.15. The molecule has 0 amide bonds. The summed E-state index contributed by atoms with van der Waals surface area (Å²) >= 11 is 0. The Morgan fingerprint density at radius 2 is 2.09 bits per heavy atom. The lowest BCUT2D eigenvalue weighted by Gasteiger charge is -2.24. The van der Waals surface area contributed by atoms with Crippen LogP contribution in [0.1, 0.15) is 20.8 Å². The predicted octanol–water partition coefficient (Wildman–Crippen LogP) is 0.383. The molecule has 0 aromatic rings. The summed E-state index contributed by atoms with van der Waals surface area (Å²) in [6, 6.07) is 0. The van der Waals surface area contributed by atoms with Crippen molar-refractivity contribution in [2.75, 3.05) is 26.3 Å². The molecule has 0 unspecified atom stereocenters. The van der Waals surface area contributed by atoms with Crippen LogP contribution in [0, 0.1) is 0 Å². The molecule has 2 N–H and O–H groups in total. The zero-order valence-electron chi connectivity index (χ0n) is 7.68. The van der Waals surface area contributed by atoms with E-state index in [0.717, 1.165) is 13.2 Å². The smallest absolute Gasteiger partial charge is 0.0750 e. The molecule has 3 heteroatoms. The third-order valence-electron chi connectivity index (χ3n) is 1.37. The van der Waals surface area contributed by atoms with E-state index in [-0.39, 0.29) is 12.2 Å². The van der Waals surface area contributed by atoms with E-state index < -0.39 is 0 Å². The normalized spacial score (nSPS) is 12.0. The lowest BCUT2D eigenvalue weighted by molar-refractivity contribution is -0.00913. The van der Waals surface area contributed by atoms with Gasteiger partial charge in [-0.1, -0.05) is 0 Å². The van der Waals surface area contributed by atoms with E-state index in [4.69, 9.17) is 9.84 Å². The highest BCUT2D eigenvalue weighted by atomic mass is 16.5. The molecule has 0 heterocycles. The maximum absolute atomic E-state index is 8.49. The molecule has 68 valence electrons. The van der Waals surface area contributed by atoms with Gasteiger partial charge in [0, 0.05) is 19.7 Å². The molecule has 0 aromatic heterocycles. The molecule has 11 heavy (non-hydrogen) atoms. The minimum atomic E-state index is -0.121. The molecule has 0 rings (SSSR count). The molecule has 0 atom stereocenters. The number of nitrogens with one attached hydrogen (secondary N) is 1. The molecule has 0 fully saturated rings. The number of ether oxygens (including phenoxy) is 1. The molecular formula is C8H19NO2. The lowest BCUT2D eigenvalue weighted by atomic mass is 10.1. The number of rotatable bonds is 6. The molecule has 0 bridgehead atoms. The summed E-state index contributed by atoms with van der Waals surface area (Å²) in [5.41, 5.74) is -0.121. The van der Waals surface area contributed by atoms with Crippen LogP contribution in [0.25, 0.3) is 0 Å². The quantitative estimate of drug-likeness (QED) is 0.553. The van der Waals surface area contributed by atoms with Gasteiger partial charge in [0.1, 0.15) is 0 Å². The van der Waals surface area contributed by atoms with Gasteiger partial charge in [-0.3, -0.25) is 0 Å². The first kappa shape index (κ1) is 10.9. The Morgan fingerprint density at radius 3 is 2.55 bits per heavy atom. The summed E-state index contributed by atoms with van der Waals surface area (Å²) < 4.78 is 5.43. The first-order valence-corrected chi connectivity index (χ1v) is 4.08. The van der Waals surface area contributed by atoms with Crippen LogP contribution in [0.2, 0.25) is 0 Å². The van der Waals surface area contributed by atoms with E-state index in [9.17, 15) is 0 Å². The number of hydrogen-bond acceptors (Lipinski definition) is 3. The van der Waals surface area contributed by atoms with Crippen LogP contribution in [-0.2, 0) is 4.74 Å². The zero-order valence-corrected chi connectivity index (χ0v) is 7.68. The first-order valence-electron chi connectivity index (χ1n) is 4.08. The minimum absolute atomic E-state index is 0.121. The minimum Gasteiger partial charge on any atom is -0.395 e. The third-order valence-corrected chi connectivity index (χ3v) is 1.37. The van der Waals surface area contributed by atoms with Gasteiger partial charge < -0.3 is 15.2 Å². The summed E-state index contributed by atoms with van der Waals surface area (Å²) in [6.45, 7) is 8.36. The summed E-state index contributed by atoms with van der Waals surface area (Å²) in [7, 11) is 0. The molecule has 0 aliphatic carbocycles. The maximum Gasteiger partial charge on any atom is 0.0750 e. The summed E-state index contributed by atoms with van der Waals surface area (Å²) in [5, 5.41) is 11.6. The van der Waals surface area contributed by atoms with E-state index in [1.165, 1.54) is 0 Å². The Kier molecular flexibility index (Phi) is 5.46. The predicted molar refractivity (Wildman–Crippen MR) is 45.7 cm³/mol. The Labute approximate surface area is 68.8 Å². The van der Waals surface area contributed by atoms with E-state index in [1.54, 1.807) is 0 Å². The van der Waals surface area contributed by atoms with Gasteiger partial charge in [-0.15, -0.1) is 0 Å². The second kappa shape index (κ2) is 5.52. The van der Waals surface area contributed by atoms with Gasteiger partial charge in [0.25, 0.3) is 0 Å². The lowest BCUT2D eigenvalue weighted by Crippen LogP contribution is -2.38. The van der Waals surface area contributed by atoms with Gasteiger partial charge in [0.2, 0.25) is 0 Å². The van der Waals surface area contributed by atoms with Crippen molar-refractivity contribution in [2.45, 2.75) is 26.4 Å². The Morgan fingerprint density at radius 1 is 1.45 bits per heavy atom. The molecule has 0 spiro atoms. The highest BCUT2D eigenvalue weighted by molar-refractivity contribution is 4.70. The molecule has 0 aromatic carbocycles. The van der Waals surface area contributed by atoms with Crippen molar-refractivity contribution in [3.63, 3.8) is 0 Å². The SMILES string of the molecule is CCOC(C)(C)CNCCO. The van der Waals surface area contributed by atoms with E-state index in [1.807, 2.05) is 20.8 Å². The number of aliphatic hydroxyl groups excluding tert-OH is 1. The molecule has 0 radical (unpaired) electrons. The third kappa shape index (κ3) is 6.28. The fourth-order valence-corrected chi connectivity index (χ4v) is 0.910. The largest absolute Gasteiger partial charge is 0.395 e. The van der Waals surface area contributed by atoms with Crippen LogP contribution < -0.4 is 5.32 Å². The molecule has 0 saturated carbocycles. The second-order valence-electron chi connectivity index (χ2n) is 3.09. The summed E-state index contributed by atoms with van der Waals surface area (Å²) in [4.78, 5) is 0. The van der Waals surface area contributed by atoms with Crippen molar-refractivity contribution >= 4 is 0 Å². The summed E-state index contributed by atoms with van der Waals surface area (Å²) in [5.74, 6) is 0. The van der Waals surface area contributed by atoms with Crippen molar-refractivity contribution in [3.8, 4) is 0 Å². The Balaban J connectivity index is 3.38. The molecule has 0 saturated heterocycles. The van der Waals surface area contributed by atoms with Crippen LogP contribution in [0.4, 0.5) is 0 Å². The van der Waals surface area contributed by atoms with Crippen molar-refractivity contribution in [3.05, 3.63) is 0 Å². The Bertz CT molecular complexity index is 94.1. The van der Waals surface area contributed by atoms with E-state index in [0.29, 0.717) is 6.54 Å². The van der Waals surface area contributed by atoms with Crippen LogP contribution in [0.15, 0.2) is 0 Å². The van der Waals surface area contributed by atoms with Crippen LogP contribution in [0.3, 0.4) is 0 Å². The van der Waals surface area contributed by atoms with E-state index in [2.05, 4.69) is 5.32 Å². The van der Waals surface area contributed by atoms with Gasteiger partial charge >= 0.3 is 0 Å². The monoisotopic (exact) mass is 161 g/mol. The number of aliphatic hydroxyl groups is 1. The number of hydrogen-bond donors (Lipinski definition) is 2. The topological polar surface area (TPSA) is 41.5 Å². The van der Waals surface area contributed by atoms with Crippen molar-refractivity contribution in [1.29, 1.82) is 0 Å². The van der Waals surface area contributed by atoms with Gasteiger partial charge in [-0.05, 0) is 20.8 Å². The van der Waals surface area contributed by atoms with Crippen molar-refractivity contribution in [2.24, 2.45) is 0 Å². The average molecular weight is 161 g/mol. The first-order chi connectivity index (χ1) is 5.12. The van der Waals surface area contributed by atoms with Gasteiger partial charge in [0.05, 0.1) is 12.2 Å². The zero-order chi connectivity index (χ0) is 8.74. The van der Waals surface area contributed by atoms with Gasteiger partial charge in [-0.25, -0.2) is 0 Å². The average Bonchev–Trinajstić information content (AvgIpc) is 1.87. The van der Waals surface area contributed by atoms with Crippen LogP contribution in [0.5, 0.6) is 0 Å². The molecular weight excluding hydrogens is 142 g/mol. The fraction of sp³-hybridized carbons (Fsp3) is 1.00. The molecule has 3 nitrogen and oxygen atoms in total. The standard InChI is InChI=1S/C8H19NO2/c1-4-11-8(2,3)7-9-5-6-10/h9-10H,4-7H2,1-3H3. The molecule has 0 aliphatic rings. The van der Waals surface area contributed by atoms with Gasteiger partial charge in [-0.2, -0.15) is 0 Å². The Hall–Kier alpha value is -0.120. The maximum atomic E-state index is 8.49. The van der Waals surface area contributed by atoms with Gasteiger partial charge in [0.15, 0.2) is 0 Å². The molecule has 0 aliphatic heterocycles. The fourth-order valence-electron chi connectivity index (χ4n) is 0.910. The second-order valence-corrected chi connectivity index (χ2v) is 3.09. The van der Waals surface area contributed by atoms with Crippen LogP contribution in [-0.4, -0.2) is 37.0 Å². The van der Waals surface area contributed by atoms with Crippen molar-refractivity contribution in [1.82, 2.24) is 5.32 Å². The van der Waals surface area contributed by atoms with Crippen LogP contribution >= 0.6 is 0 Å².